The second kappa shape index (κ2) is 14.8. The Bertz CT molecular complexity index is 1460. The SMILES string of the molecule is Cc1cc(OCc2cccc(-c3cccc(OCCCN4CC[C@@H](O)C4)c3C)c2C)c(Cl)cc1CN1CCCC[C@H]1C(=O)O. The van der Waals surface area contributed by atoms with Gasteiger partial charge in [0.05, 0.1) is 17.7 Å². The molecule has 0 saturated carbocycles. The quantitative estimate of drug-likeness (QED) is 0.216. The average molecular weight is 621 g/mol. The second-order valence-corrected chi connectivity index (χ2v) is 12.7. The molecule has 2 aliphatic rings. The Morgan fingerprint density at radius 1 is 0.932 bits per heavy atom. The van der Waals surface area contributed by atoms with E-state index in [0.717, 1.165) is 96.6 Å². The molecule has 2 saturated heterocycles. The molecule has 5 rings (SSSR count). The van der Waals surface area contributed by atoms with Crippen LogP contribution in [-0.2, 0) is 17.9 Å². The minimum atomic E-state index is -0.754. The van der Waals surface area contributed by atoms with E-state index in [1.165, 1.54) is 0 Å². The van der Waals surface area contributed by atoms with Gasteiger partial charge >= 0.3 is 5.97 Å². The van der Waals surface area contributed by atoms with E-state index in [-0.39, 0.29) is 6.10 Å². The van der Waals surface area contributed by atoms with Gasteiger partial charge in [-0.05, 0) is 110 Å². The molecule has 2 fully saturated rings. The minimum Gasteiger partial charge on any atom is -0.493 e. The lowest BCUT2D eigenvalue weighted by Gasteiger charge is -2.33. The molecule has 7 nitrogen and oxygen atoms in total. The summed E-state index contributed by atoms with van der Waals surface area (Å²) in [6.45, 7) is 11.3. The molecular formula is C36H45ClN2O5. The summed E-state index contributed by atoms with van der Waals surface area (Å²) < 4.78 is 12.5. The van der Waals surface area contributed by atoms with Crippen LogP contribution in [0.2, 0.25) is 5.02 Å². The number of halogens is 1. The second-order valence-electron chi connectivity index (χ2n) is 12.3. The molecule has 0 aliphatic carbocycles. The van der Waals surface area contributed by atoms with Crippen LogP contribution in [0.25, 0.3) is 11.1 Å². The predicted molar refractivity (Wildman–Crippen MR) is 175 cm³/mol. The maximum atomic E-state index is 11.8. The van der Waals surface area contributed by atoms with E-state index >= 15 is 0 Å². The molecule has 0 unspecified atom stereocenters. The van der Waals surface area contributed by atoms with Crippen molar-refractivity contribution >= 4 is 17.6 Å². The van der Waals surface area contributed by atoms with Crippen molar-refractivity contribution in [2.45, 2.75) is 78.2 Å². The number of carbonyl (C=O) groups is 1. The first kappa shape index (κ1) is 32.3. The summed E-state index contributed by atoms with van der Waals surface area (Å²) in [5.41, 5.74) is 7.69. The van der Waals surface area contributed by atoms with Gasteiger partial charge in [-0.3, -0.25) is 9.69 Å². The number of hydrogen-bond acceptors (Lipinski definition) is 6. The molecule has 2 N–H and O–H groups in total. The number of carboxylic acid groups (broad SMARTS) is 1. The summed E-state index contributed by atoms with van der Waals surface area (Å²) in [6, 6.07) is 15.9. The molecule has 2 atom stereocenters. The Balaban J connectivity index is 1.23. The molecule has 8 heteroatoms. The number of nitrogens with zero attached hydrogens (tertiary/aromatic N) is 2. The first-order valence-corrected chi connectivity index (χ1v) is 16.2. The summed E-state index contributed by atoms with van der Waals surface area (Å²) >= 11 is 6.70. The molecule has 0 bridgehead atoms. The number of hydrogen-bond donors (Lipinski definition) is 2. The van der Waals surface area contributed by atoms with Crippen LogP contribution in [0.15, 0.2) is 48.5 Å². The standard InChI is InChI=1S/C36H45ClN2O5/c1-24-19-35(32(37)20-28(24)21-39-16-5-4-12-33(39)36(41)42)44-23-27-9-6-10-30(25(27)2)31-11-7-13-34(26(31)3)43-18-8-15-38-17-14-29(40)22-38/h6-7,9-11,13,19-20,29,33,40H,4-5,8,12,14-18,21-23H2,1-3H3,(H,41,42)/t29-,33+/m1/s1. The normalized spacial score (nSPS) is 19.3. The van der Waals surface area contributed by atoms with Crippen molar-refractivity contribution in [1.29, 1.82) is 0 Å². The van der Waals surface area contributed by atoms with Crippen LogP contribution >= 0.6 is 11.6 Å². The van der Waals surface area contributed by atoms with Gasteiger partial charge in [0, 0.05) is 26.2 Å². The van der Waals surface area contributed by atoms with E-state index in [1.807, 2.05) is 36.1 Å². The van der Waals surface area contributed by atoms with Crippen LogP contribution in [0.1, 0.15) is 59.9 Å². The Morgan fingerprint density at radius 2 is 1.70 bits per heavy atom. The average Bonchev–Trinajstić information content (AvgIpc) is 3.42. The van der Waals surface area contributed by atoms with Gasteiger partial charge in [-0.2, -0.15) is 0 Å². The number of carboxylic acids is 1. The molecule has 2 heterocycles. The van der Waals surface area contributed by atoms with Crippen molar-refractivity contribution in [3.05, 3.63) is 81.4 Å². The number of piperidine rings is 1. The number of aliphatic carboxylic acids is 1. The molecular weight excluding hydrogens is 576 g/mol. The number of aliphatic hydroxyl groups excluding tert-OH is 1. The topological polar surface area (TPSA) is 82.5 Å². The van der Waals surface area contributed by atoms with Crippen molar-refractivity contribution in [2.75, 3.05) is 32.8 Å². The number of ether oxygens (including phenoxy) is 2. The summed E-state index contributed by atoms with van der Waals surface area (Å²) in [5, 5.41) is 19.9. The zero-order valence-electron chi connectivity index (χ0n) is 26.2. The van der Waals surface area contributed by atoms with E-state index < -0.39 is 12.0 Å². The fourth-order valence-corrected chi connectivity index (χ4v) is 6.73. The molecule has 236 valence electrons. The smallest absolute Gasteiger partial charge is 0.320 e. The lowest BCUT2D eigenvalue weighted by molar-refractivity contribution is -0.144. The fourth-order valence-electron chi connectivity index (χ4n) is 6.49. The van der Waals surface area contributed by atoms with Crippen LogP contribution in [0.4, 0.5) is 0 Å². The largest absolute Gasteiger partial charge is 0.493 e. The molecule has 0 radical (unpaired) electrons. The number of aryl methyl sites for hydroxylation is 1. The highest BCUT2D eigenvalue weighted by Crippen LogP contribution is 2.35. The Labute approximate surface area is 266 Å². The Kier molecular flexibility index (Phi) is 10.9. The van der Waals surface area contributed by atoms with Crippen molar-refractivity contribution in [3.8, 4) is 22.6 Å². The molecule has 3 aromatic rings. The zero-order chi connectivity index (χ0) is 31.2. The van der Waals surface area contributed by atoms with Crippen LogP contribution < -0.4 is 9.47 Å². The minimum absolute atomic E-state index is 0.189. The number of likely N-dealkylation sites (tertiary alicyclic amines) is 2. The molecule has 0 amide bonds. The highest BCUT2D eigenvalue weighted by molar-refractivity contribution is 6.32. The number of benzene rings is 3. The maximum absolute atomic E-state index is 11.8. The molecule has 0 aromatic heterocycles. The third-order valence-electron chi connectivity index (χ3n) is 9.19. The van der Waals surface area contributed by atoms with Crippen molar-refractivity contribution in [1.82, 2.24) is 9.80 Å². The summed E-state index contributed by atoms with van der Waals surface area (Å²) in [7, 11) is 0. The first-order valence-electron chi connectivity index (χ1n) is 15.8. The van der Waals surface area contributed by atoms with Gasteiger partial charge in [0.25, 0.3) is 0 Å². The number of aliphatic hydroxyl groups is 1. The van der Waals surface area contributed by atoms with Crippen molar-refractivity contribution in [3.63, 3.8) is 0 Å². The number of β-amino-alcohol motifs (C(OH)–C–C–N with tert-alkyl or cyclic N) is 1. The summed E-state index contributed by atoms with van der Waals surface area (Å²) in [4.78, 5) is 16.1. The van der Waals surface area contributed by atoms with Crippen LogP contribution in [-0.4, -0.2) is 70.9 Å². The van der Waals surface area contributed by atoms with Gasteiger partial charge in [-0.1, -0.05) is 48.4 Å². The van der Waals surface area contributed by atoms with Gasteiger partial charge in [0.15, 0.2) is 0 Å². The van der Waals surface area contributed by atoms with Crippen molar-refractivity contribution < 1.29 is 24.5 Å². The summed E-state index contributed by atoms with van der Waals surface area (Å²) in [5.74, 6) is 0.767. The van der Waals surface area contributed by atoms with E-state index in [2.05, 4.69) is 43.0 Å². The molecule has 2 aliphatic heterocycles. The monoisotopic (exact) mass is 620 g/mol. The lowest BCUT2D eigenvalue weighted by Crippen LogP contribution is -2.44. The van der Waals surface area contributed by atoms with Crippen LogP contribution in [0, 0.1) is 20.8 Å². The molecule has 44 heavy (non-hydrogen) atoms. The van der Waals surface area contributed by atoms with E-state index in [9.17, 15) is 15.0 Å². The van der Waals surface area contributed by atoms with Crippen LogP contribution in [0.5, 0.6) is 11.5 Å². The van der Waals surface area contributed by atoms with Gasteiger partial charge in [0.2, 0.25) is 0 Å². The van der Waals surface area contributed by atoms with Gasteiger partial charge < -0.3 is 24.6 Å². The Hall–Kier alpha value is -3.10. The maximum Gasteiger partial charge on any atom is 0.320 e. The first-order chi connectivity index (χ1) is 21.2. The van der Waals surface area contributed by atoms with E-state index in [1.54, 1.807) is 0 Å². The fraction of sp³-hybridized carbons (Fsp3) is 0.472. The summed E-state index contributed by atoms with van der Waals surface area (Å²) in [6.07, 6.45) is 4.24. The Morgan fingerprint density at radius 3 is 2.45 bits per heavy atom. The van der Waals surface area contributed by atoms with E-state index in [4.69, 9.17) is 21.1 Å². The van der Waals surface area contributed by atoms with Gasteiger partial charge in [0.1, 0.15) is 24.1 Å². The lowest BCUT2D eigenvalue weighted by atomic mass is 9.93. The van der Waals surface area contributed by atoms with Crippen LogP contribution in [0.3, 0.4) is 0 Å². The van der Waals surface area contributed by atoms with Gasteiger partial charge in [-0.25, -0.2) is 0 Å². The zero-order valence-corrected chi connectivity index (χ0v) is 26.9. The highest BCUT2D eigenvalue weighted by Gasteiger charge is 2.29. The van der Waals surface area contributed by atoms with Gasteiger partial charge in [-0.15, -0.1) is 0 Å². The molecule has 0 spiro atoms. The predicted octanol–water partition coefficient (Wildman–Crippen LogP) is 6.79. The third kappa shape index (κ3) is 7.75. The highest BCUT2D eigenvalue weighted by atomic mass is 35.5. The third-order valence-corrected chi connectivity index (χ3v) is 9.49. The number of rotatable bonds is 12. The van der Waals surface area contributed by atoms with Crippen molar-refractivity contribution in [2.24, 2.45) is 0 Å². The van der Waals surface area contributed by atoms with E-state index in [0.29, 0.717) is 37.0 Å². The molecule has 3 aromatic carbocycles.